The summed E-state index contributed by atoms with van der Waals surface area (Å²) < 4.78 is 62.0. The Morgan fingerprint density at radius 1 is 1.22 bits per heavy atom. The van der Waals surface area contributed by atoms with Crippen LogP contribution in [-0.2, 0) is 16.0 Å². The van der Waals surface area contributed by atoms with Crippen molar-refractivity contribution >= 4 is 33.2 Å². The van der Waals surface area contributed by atoms with Crippen molar-refractivity contribution in [3.05, 3.63) is 35.1 Å². The number of hydrogen-bond donors (Lipinski definition) is 1. The summed E-state index contributed by atoms with van der Waals surface area (Å²) in [5.41, 5.74) is 0. The lowest BCUT2D eigenvalue weighted by molar-refractivity contribution is -0.146. The molecule has 2 rings (SSSR count). The second-order valence-corrected chi connectivity index (χ2v) is 7.90. The van der Waals surface area contributed by atoms with Gasteiger partial charge in [0.1, 0.15) is 0 Å². The Kier molecular flexibility index (Phi) is 5.11. The van der Waals surface area contributed by atoms with Crippen LogP contribution in [0.15, 0.2) is 34.3 Å². The number of hydrogen-bond acceptors (Lipinski definition) is 6. The first-order chi connectivity index (χ1) is 10.6. The number of nitrogens with zero attached hydrogens (tertiary/aromatic N) is 3. The number of thioether (sulfide) groups is 1. The van der Waals surface area contributed by atoms with Gasteiger partial charge in [-0.15, -0.1) is 10.2 Å². The molecule has 0 amide bonds. The second-order valence-electron chi connectivity index (χ2n) is 4.30. The third-order valence-corrected chi connectivity index (χ3v) is 5.86. The summed E-state index contributed by atoms with van der Waals surface area (Å²) in [4.78, 5) is 0.0766. The zero-order valence-electron chi connectivity index (χ0n) is 11.3. The van der Waals surface area contributed by atoms with Crippen LogP contribution < -0.4 is 5.84 Å². The maximum absolute atomic E-state index is 12.5. The largest absolute Gasteiger partial charge is 0.453 e. The fourth-order valence-corrected chi connectivity index (χ4v) is 4.20. The maximum Gasteiger partial charge on any atom is 0.453 e. The van der Waals surface area contributed by atoms with Crippen molar-refractivity contribution in [2.75, 3.05) is 17.3 Å². The van der Waals surface area contributed by atoms with Gasteiger partial charge in [-0.25, -0.2) is 13.1 Å². The molecule has 0 spiro atoms. The van der Waals surface area contributed by atoms with Crippen LogP contribution in [-0.4, -0.2) is 34.8 Å². The van der Waals surface area contributed by atoms with E-state index in [0.717, 1.165) is 11.8 Å². The maximum atomic E-state index is 12.5. The molecule has 2 aromatic rings. The molecule has 126 valence electrons. The number of aromatic nitrogens is 3. The first-order valence-electron chi connectivity index (χ1n) is 6.00. The number of benzene rings is 1. The third kappa shape index (κ3) is 4.30. The molecule has 1 aromatic carbocycles. The Balaban J connectivity index is 2.02. The summed E-state index contributed by atoms with van der Waals surface area (Å²) >= 11 is 6.45. The van der Waals surface area contributed by atoms with Crippen LogP contribution in [0.4, 0.5) is 13.2 Å². The van der Waals surface area contributed by atoms with E-state index >= 15 is 0 Å². The van der Waals surface area contributed by atoms with E-state index in [1.807, 2.05) is 0 Å². The fourth-order valence-electron chi connectivity index (χ4n) is 1.57. The third-order valence-electron chi connectivity index (χ3n) is 2.67. The van der Waals surface area contributed by atoms with E-state index in [1.54, 1.807) is 0 Å². The van der Waals surface area contributed by atoms with E-state index in [-0.39, 0.29) is 21.6 Å². The smallest absolute Gasteiger partial charge is 0.335 e. The van der Waals surface area contributed by atoms with Crippen LogP contribution in [0.3, 0.4) is 0 Å². The highest BCUT2D eigenvalue weighted by Gasteiger charge is 2.38. The van der Waals surface area contributed by atoms with E-state index in [0.29, 0.717) is 9.70 Å². The molecule has 2 N–H and O–H groups in total. The minimum absolute atomic E-state index is 0.0296. The van der Waals surface area contributed by atoms with Crippen molar-refractivity contribution in [1.82, 2.24) is 14.9 Å². The van der Waals surface area contributed by atoms with Crippen molar-refractivity contribution in [1.29, 1.82) is 0 Å². The number of nitrogens with two attached hydrogens (primary N) is 1. The fraction of sp³-hybridized carbons (Fsp3) is 0.273. The van der Waals surface area contributed by atoms with Gasteiger partial charge in [0.25, 0.3) is 5.82 Å². The van der Waals surface area contributed by atoms with E-state index in [1.165, 1.54) is 24.3 Å². The summed E-state index contributed by atoms with van der Waals surface area (Å²) in [6, 6.07) is 5.59. The first kappa shape index (κ1) is 17.9. The minimum Gasteiger partial charge on any atom is -0.335 e. The summed E-state index contributed by atoms with van der Waals surface area (Å²) in [6.07, 6.45) is -4.73. The molecule has 0 saturated heterocycles. The van der Waals surface area contributed by atoms with Crippen molar-refractivity contribution in [3.63, 3.8) is 0 Å². The molecular weight excluding hydrogens is 377 g/mol. The summed E-state index contributed by atoms with van der Waals surface area (Å²) in [5.74, 6) is 3.58. The number of alkyl halides is 3. The highest BCUT2D eigenvalue weighted by atomic mass is 35.5. The van der Waals surface area contributed by atoms with E-state index in [4.69, 9.17) is 17.4 Å². The number of rotatable bonds is 5. The Bertz CT molecular complexity index is 791. The standard InChI is InChI=1S/C11H10ClF3N4O2S2/c12-7-1-3-8(4-2-7)23(20,21)6-5-22-10-18-17-9(19(10)16)11(13,14)15/h1-4H,5-6,16H2. The molecule has 1 aromatic heterocycles. The molecule has 0 atom stereocenters. The SMILES string of the molecule is Nn1c(SCCS(=O)(=O)c2ccc(Cl)cc2)nnc1C(F)(F)F. The van der Waals surface area contributed by atoms with E-state index in [9.17, 15) is 21.6 Å². The van der Waals surface area contributed by atoms with Gasteiger partial charge in [0.2, 0.25) is 5.16 Å². The minimum atomic E-state index is -4.73. The van der Waals surface area contributed by atoms with Gasteiger partial charge < -0.3 is 5.84 Å². The van der Waals surface area contributed by atoms with Crippen molar-refractivity contribution < 1.29 is 21.6 Å². The zero-order valence-corrected chi connectivity index (χ0v) is 13.7. The Morgan fingerprint density at radius 2 is 1.83 bits per heavy atom. The Labute approximate surface area is 138 Å². The van der Waals surface area contributed by atoms with Crippen molar-refractivity contribution in [2.24, 2.45) is 0 Å². The van der Waals surface area contributed by atoms with Crippen molar-refractivity contribution in [3.8, 4) is 0 Å². The van der Waals surface area contributed by atoms with Gasteiger partial charge in [-0.2, -0.15) is 13.2 Å². The quantitative estimate of drug-likeness (QED) is 0.626. The van der Waals surface area contributed by atoms with E-state index < -0.39 is 21.8 Å². The van der Waals surface area contributed by atoms with E-state index in [2.05, 4.69) is 10.2 Å². The average Bonchev–Trinajstić information content (AvgIpc) is 2.80. The predicted molar refractivity (Wildman–Crippen MR) is 79.4 cm³/mol. The molecule has 1 heterocycles. The van der Waals surface area contributed by atoms with Crippen LogP contribution in [0.1, 0.15) is 5.82 Å². The van der Waals surface area contributed by atoms with Crippen LogP contribution in [0, 0.1) is 0 Å². The molecular formula is C11H10ClF3N4O2S2. The monoisotopic (exact) mass is 386 g/mol. The van der Waals surface area contributed by atoms with Gasteiger partial charge in [0, 0.05) is 10.8 Å². The average molecular weight is 387 g/mol. The Hall–Kier alpha value is -1.46. The molecule has 0 unspecified atom stereocenters. The van der Waals surface area contributed by atoms with Gasteiger partial charge >= 0.3 is 6.18 Å². The number of halogens is 4. The summed E-state index contributed by atoms with van der Waals surface area (Å²) in [7, 11) is -3.58. The molecule has 6 nitrogen and oxygen atoms in total. The second kappa shape index (κ2) is 6.57. The van der Waals surface area contributed by atoms with Crippen LogP contribution >= 0.6 is 23.4 Å². The normalized spacial score (nSPS) is 12.5. The lowest BCUT2D eigenvalue weighted by Crippen LogP contribution is -2.21. The van der Waals surface area contributed by atoms with Gasteiger partial charge in [-0.1, -0.05) is 23.4 Å². The topological polar surface area (TPSA) is 90.9 Å². The molecule has 12 heteroatoms. The number of nitrogen functional groups attached to an aromatic ring is 1. The van der Waals surface area contributed by atoms with Gasteiger partial charge in [0.15, 0.2) is 9.84 Å². The molecule has 0 radical (unpaired) electrons. The first-order valence-corrected chi connectivity index (χ1v) is 9.01. The zero-order chi connectivity index (χ0) is 17.3. The molecule has 0 bridgehead atoms. The van der Waals surface area contributed by atoms with Crippen LogP contribution in [0.5, 0.6) is 0 Å². The predicted octanol–water partition coefficient (Wildman–Crippen LogP) is 2.23. The Morgan fingerprint density at radius 3 is 2.35 bits per heavy atom. The van der Waals surface area contributed by atoms with Gasteiger partial charge in [-0.3, -0.25) is 0 Å². The van der Waals surface area contributed by atoms with Crippen LogP contribution in [0.2, 0.25) is 5.02 Å². The van der Waals surface area contributed by atoms with Crippen LogP contribution in [0.25, 0.3) is 0 Å². The molecule has 23 heavy (non-hydrogen) atoms. The number of sulfone groups is 1. The lowest BCUT2D eigenvalue weighted by atomic mass is 10.4. The van der Waals surface area contributed by atoms with Gasteiger partial charge in [0.05, 0.1) is 10.6 Å². The summed E-state index contributed by atoms with van der Waals surface area (Å²) in [6.45, 7) is 0. The molecule has 0 aliphatic heterocycles. The molecule has 0 fully saturated rings. The van der Waals surface area contributed by atoms with Crippen molar-refractivity contribution in [2.45, 2.75) is 16.2 Å². The van der Waals surface area contributed by atoms with Gasteiger partial charge in [-0.05, 0) is 24.3 Å². The molecule has 0 aliphatic rings. The lowest BCUT2D eigenvalue weighted by Gasteiger charge is -2.06. The highest BCUT2D eigenvalue weighted by Crippen LogP contribution is 2.29. The summed E-state index contributed by atoms with van der Waals surface area (Å²) in [5, 5.41) is 6.43. The molecule has 0 aliphatic carbocycles. The highest BCUT2D eigenvalue weighted by molar-refractivity contribution is 8.00. The molecule has 0 saturated carbocycles.